The second-order valence-electron chi connectivity index (χ2n) is 8.31. The summed E-state index contributed by atoms with van der Waals surface area (Å²) in [4.78, 5) is 51.3. The Morgan fingerprint density at radius 1 is 0.917 bits per heavy atom. The monoisotopic (exact) mass is 524 g/mol. The van der Waals surface area contributed by atoms with Crippen LogP contribution in [-0.2, 0) is 23.0 Å². The lowest BCUT2D eigenvalue weighted by Crippen LogP contribution is -2.37. The SMILES string of the molecule is COC(=O)C(CC(=O)c1c(Cl)cccc1Cl)Cc1ccc(-n2c(=O)c3ccccc3n(C)c2=O)cc1. The number of hydrogen-bond acceptors (Lipinski definition) is 5. The van der Waals surface area contributed by atoms with Crippen LogP contribution in [-0.4, -0.2) is 28.0 Å². The third kappa shape index (κ3) is 4.85. The molecule has 0 N–H and O–H groups in total. The second-order valence-corrected chi connectivity index (χ2v) is 9.13. The Morgan fingerprint density at radius 2 is 1.56 bits per heavy atom. The molecule has 4 aromatic rings. The standard InChI is InChI=1S/C27H22Cl2N2O5/c1-30-22-9-4-3-6-19(22)25(33)31(27(30)35)18-12-10-16(11-13-18)14-17(26(34)36-2)15-23(32)24-20(28)7-5-8-21(24)29/h3-13,17H,14-15H2,1-2H3. The minimum absolute atomic E-state index is 0.150. The highest BCUT2D eigenvalue weighted by Crippen LogP contribution is 2.28. The molecule has 0 aliphatic heterocycles. The Labute approximate surface area is 216 Å². The summed E-state index contributed by atoms with van der Waals surface area (Å²) in [6, 6.07) is 18.3. The predicted molar refractivity (Wildman–Crippen MR) is 139 cm³/mol. The zero-order valence-electron chi connectivity index (χ0n) is 19.5. The van der Waals surface area contributed by atoms with Crippen molar-refractivity contribution in [3.05, 3.63) is 109 Å². The number of ketones is 1. The van der Waals surface area contributed by atoms with Crippen LogP contribution >= 0.6 is 23.2 Å². The smallest absolute Gasteiger partial charge is 0.335 e. The van der Waals surface area contributed by atoms with Gasteiger partial charge in [-0.1, -0.05) is 53.5 Å². The largest absolute Gasteiger partial charge is 0.469 e. The van der Waals surface area contributed by atoms with Crippen LogP contribution in [0.5, 0.6) is 0 Å². The van der Waals surface area contributed by atoms with E-state index in [1.807, 2.05) is 0 Å². The fourth-order valence-electron chi connectivity index (χ4n) is 4.20. The second kappa shape index (κ2) is 10.5. The molecule has 0 aliphatic carbocycles. The molecular formula is C27H22Cl2N2O5. The third-order valence-corrected chi connectivity index (χ3v) is 6.69. The highest BCUT2D eigenvalue weighted by atomic mass is 35.5. The van der Waals surface area contributed by atoms with Crippen LogP contribution in [0.15, 0.2) is 76.3 Å². The normalized spacial score (nSPS) is 11.9. The molecule has 4 rings (SSSR count). The van der Waals surface area contributed by atoms with Gasteiger partial charge in [-0.15, -0.1) is 0 Å². The van der Waals surface area contributed by atoms with Crippen molar-refractivity contribution in [3.8, 4) is 5.69 Å². The molecule has 36 heavy (non-hydrogen) atoms. The van der Waals surface area contributed by atoms with E-state index in [4.69, 9.17) is 27.9 Å². The maximum atomic E-state index is 13.0. The lowest BCUT2D eigenvalue weighted by Gasteiger charge is -2.16. The molecule has 7 nitrogen and oxygen atoms in total. The Kier molecular flexibility index (Phi) is 7.43. The van der Waals surface area contributed by atoms with Crippen molar-refractivity contribution in [1.29, 1.82) is 0 Å². The lowest BCUT2D eigenvalue weighted by atomic mass is 9.92. The summed E-state index contributed by atoms with van der Waals surface area (Å²) in [5.41, 5.74) is 0.930. The first kappa shape index (κ1) is 25.4. The van der Waals surface area contributed by atoms with Gasteiger partial charge in [0.1, 0.15) is 0 Å². The van der Waals surface area contributed by atoms with E-state index in [1.165, 1.54) is 11.7 Å². The summed E-state index contributed by atoms with van der Waals surface area (Å²) in [6.07, 6.45) is 0.0496. The van der Waals surface area contributed by atoms with Crippen molar-refractivity contribution >= 4 is 45.9 Å². The average molecular weight is 525 g/mol. The van der Waals surface area contributed by atoms with Gasteiger partial charge in [0.15, 0.2) is 5.78 Å². The molecule has 1 atom stereocenters. The predicted octanol–water partition coefficient (Wildman–Crippen LogP) is 4.60. The zero-order valence-corrected chi connectivity index (χ0v) is 21.0. The fourth-order valence-corrected chi connectivity index (χ4v) is 4.80. The number of methoxy groups -OCH3 is 1. The van der Waals surface area contributed by atoms with Gasteiger partial charge in [0.25, 0.3) is 5.56 Å². The van der Waals surface area contributed by atoms with Gasteiger partial charge in [0.2, 0.25) is 0 Å². The molecule has 3 aromatic carbocycles. The fraction of sp³-hybridized carbons (Fsp3) is 0.185. The van der Waals surface area contributed by atoms with Crippen LogP contribution in [0, 0.1) is 5.92 Å². The Balaban J connectivity index is 1.63. The highest BCUT2D eigenvalue weighted by Gasteiger charge is 2.26. The number of para-hydroxylation sites is 1. The summed E-state index contributed by atoms with van der Waals surface area (Å²) in [5, 5.41) is 0.844. The highest BCUT2D eigenvalue weighted by molar-refractivity contribution is 6.39. The van der Waals surface area contributed by atoms with Gasteiger partial charge in [0.05, 0.1) is 45.2 Å². The molecule has 0 radical (unpaired) electrons. The van der Waals surface area contributed by atoms with E-state index in [1.54, 1.807) is 73.8 Å². The van der Waals surface area contributed by atoms with Crippen LogP contribution in [0.4, 0.5) is 0 Å². The number of fused-ring (bicyclic) bond motifs is 1. The Hall–Kier alpha value is -3.68. The van der Waals surface area contributed by atoms with Crippen molar-refractivity contribution < 1.29 is 14.3 Å². The van der Waals surface area contributed by atoms with E-state index >= 15 is 0 Å². The quantitative estimate of drug-likeness (QED) is 0.260. The number of aromatic nitrogens is 2. The molecule has 184 valence electrons. The first-order valence-corrected chi connectivity index (χ1v) is 11.8. The molecule has 0 saturated heterocycles. The minimum Gasteiger partial charge on any atom is -0.469 e. The number of benzene rings is 3. The van der Waals surface area contributed by atoms with Crippen LogP contribution in [0.1, 0.15) is 22.3 Å². The van der Waals surface area contributed by atoms with Crippen LogP contribution in [0.25, 0.3) is 16.6 Å². The number of aryl methyl sites for hydroxylation is 1. The molecule has 1 aromatic heterocycles. The molecule has 0 aliphatic rings. The number of esters is 1. The molecule has 0 saturated carbocycles. The number of halogens is 2. The van der Waals surface area contributed by atoms with E-state index < -0.39 is 23.1 Å². The van der Waals surface area contributed by atoms with Crippen LogP contribution in [0.2, 0.25) is 10.0 Å². The van der Waals surface area contributed by atoms with Crippen LogP contribution < -0.4 is 11.2 Å². The van der Waals surface area contributed by atoms with Crippen molar-refractivity contribution in [1.82, 2.24) is 9.13 Å². The Morgan fingerprint density at radius 3 is 2.19 bits per heavy atom. The van der Waals surface area contributed by atoms with E-state index in [9.17, 15) is 19.2 Å². The zero-order chi connectivity index (χ0) is 26.0. The number of nitrogens with zero attached hydrogens (tertiary/aromatic N) is 2. The number of Topliss-reactive ketones (excluding diaryl/α,β-unsaturated/α-hetero) is 1. The number of ether oxygens (including phenoxy) is 1. The van der Waals surface area contributed by atoms with Gasteiger partial charge in [-0.05, 0) is 48.4 Å². The van der Waals surface area contributed by atoms with E-state index in [0.29, 0.717) is 16.6 Å². The average Bonchev–Trinajstić information content (AvgIpc) is 2.87. The van der Waals surface area contributed by atoms with Crippen molar-refractivity contribution in [2.45, 2.75) is 12.8 Å². The van der Waals surface area contributed by atoms with Crippen molar-refractivity contribution in [2.75, 3.05) is 7.11 Å². The van der Waals surface area contributed by atoms with E-state index in [-0.39, 0.29) is 34.2 Å². The molecular weight excluding hydrogens is 503 g/mol. The molecule has 0 amide bonds. The summed E-state index contributed by atoms with van der Waals surface area (Å²) in [6.45, 7) is 0. The van der Waals surface area contributed by atoms with Gasteiger partial charge < -0.3 is 4.74 Å². The molecule has 9 heteroatoms. The maximum Gasteiger partial charge on any atom is 0.335 e. The lowest BCUT2D eigenvalue weighted by molar-refractivity contribution is -0.145. The molecule has 1 heterocycles. The summed E-state index contributed by atoms with van der Waals surface area (Å²) < 4.78 is 7.44. The Bertz CT molecular complexity index is 1570. The number of hydrogen-bond donors (Lipinski definition) is 0. The van der Waals surface area contributed by atoms with Crippen LogP contribution in [0.3, 0.4) is 0 Å². The van der Waals surface area contributed by atoms with Crippen molar-refractivity contribution in [2.24, 2.45) is 13.0 Å². The molecule has 0 fully saturated rings. The minimum atomic E-state index is -0.781. The summed E-state index contributed by atoms with van der Waals surface area (Å²) >= 11 is 12.3. The number of rotatable bonds is 7. The third-order valence-electron chi connectivity index (χ3n) is 6.06. The number of carbonyl (C=O) groups is 2. The molecule has 1 unspecified atom stereocenters. The van der Waals surface area contributed by atoms with Gasteiger partial charge in [-0.25, -0.2) is 9.36 Å². The summed E-state index contributed by atoms with van der Waals surface area (Å²) in [5.74, 6) is -1.70. The number of carbonyl (C=O) groups excluding carboxylic acids is 2. The van der Waals surface area contributed by atoms with Gasteiger partial charge in [0, 0.05) is 13.5 Å². The first-order valence-electron chi connectivity index (χ1n) is 11.1. The maximum absolute atomic E-state index is 13.0. The molecule has 0 bridgehead atoms. The topological polar surface area (TPSA) is 87.4 Å². The van der Waals surface area contributed by atoms with Gasteiger partial charge in [-0.2, -0.15) is 0 Å². The van der Waals surface area contributed by atoms with E-state index in [0.717, 1.165) is 10.1 Å². The van der Waals surface area contributed by atoms with Gasteiger partial charge in [-0.3, -0.25) is 19.0 Å². The van der Waals surface area contributed by atoms with Crippen molar-refractivity contribution in [3.63, 3.8) is 0 Å². The van der Waals surface area contributed by atoms with E-state index in [2.05, 4.69) is 0 Å². The first-order chi connectivity index (χ1) is 17.2. The summed E-state index contributed by atoms with van der Waals surface area (Å²) in [7, 11) is 2.87. The molecule has 0 spiro atoms. The van der Waals surface area contributed by atoms with Gasteiger partial charge >= 0.3 is 11.7 Å².